The minimum absolute atomic E-state index is 0.00973. The predicted octanol–water partition coefficient (Wildman–Crippen LogP) is 3.17. The summed E-state index contributed by atoms with van der Waals surface area (Å²) < 4.78 is 5.17. The van der Waals surface area contributed by atoms with Crippen LogP contribution in [-0.4, -0.2) is 18.4 Å². The highest BCUT2D eigenvalue weighted by molar-refractivity contribution is 5.91. The SMILES string of the molecule is C/C(=C/C(=O)NCC(=O)NCc1ccco1)C12CC3CC(CC(C3)C1)C2. The molecule has 2 amide bonds. The standard InChI is InChI=1S/C21H28N2O3/c1-14(21-9-15-6-16(10-21)8-17(7-15)11-21)5-19(24)23-13-20(25)22-12-18-3-2-4-26-18/h2-5,15-17H,6-13H2,1H3,(H,22,25)(H,23,24)/b14-5-. The number of furan rings is 1. The van der Waals surface area contributed by atoms with Crippen LogP contribution in [0, 0.1) is 23.2 Å². The van der Waals surface area contributed by atoms with Gasteiger partial charge in [-0.3, -0.25) is 9.59 Å². The van der Waals surface area contributed by atoms with Crippen LogP contribution in [0.3, 0.4) is 0 Å². The molecule has 1 aromatic rings. The number of amides is 2. The molecule has 0 aliphatic heterocycles. The molecule has 4 bridgehead atoms. The summed E-state index contributed by atoms with van der Waals surface area (Å²) in [5.41, 5.74) is 1.46. The first-order valence-corrected chi connectivity index (χ1v) is 9.78. The number of hydrogen-bond acceptors (Lipinski definition) is 3. The van der Waals surface area contributed by atoms with Crippen LogP contribution in [0.25, 0.3) is 0 Å². The summed E-state index contributed by atoms with van der Waals surface area (Å²) >= 11 is 0. The molecule has 4 fully saturated rings. The quantitative estimate of drug-likeness (QED) is 0.769. The molecule has 0 spiro atoms. The molecule has 0 saturated heterocycles. The highest BCUT2D eigenvalue weighted by atomic mass is 16.3. The summed E-state index contributed by atoms with van der Waals surface area (Å²) in [6.45, 7) is 2.44. The number of rotatable bonds is 6. The van der Waals surface area contributed by atoms with Crippen molar-refractivity contribution >= 4 is 11.8 Å². The van der Waals surface area contributed by atoms with E-state index in [-0.39, 0.29) is 23.8 Å². The van der Waals surface area contributed by atoms with Gasteiger partial charge in [0.05, 0.1) is 19.4 Å². The largest absolute Gasteiger partial charge is 0.467 e. The summed E-state index contributed by atoms with van der Waals surface area (Å²) in [6.07, 6.45) is 11.3. The van der Waals surface area contributed by atoms with Crippen LogP contribution in [0.2, 0.25) is 0 Å². The van der Waals surface area contributed by atoms with Gasteiger partial charge in [-0.1, -0.05) is 5.57 Å². The second-order valence-corrected chi connectivity index (χ2v) is 8.60. The van der Waals surface area contributed by atoms with Crippen molar-refractivity contribution in [2.45, 2.75) is 52.0 Å². The molecular weight excluding hydrogens is 328 g/mol. The van der Waals surface area contributed by atoms with E-state index in [1.165, 1.54) is 44.1 Å². The molecule has 5 nitrogen and oxygen atoms in total. The van der Waals surface area contributed by atoms with Crippen LogP contribution >= 0.6 is 0 Å². The lowest BCUT2D eigenvalue weighted by Gasteiger charge is -2.57. The summed E-state index contributed by atoms with van der Waals surface area (Å²) in [5.74, 6) is 2.91. The third-order valence-corrected chi connectivity index (χ3v) is 6.69. The molecule has 26 heavy (non-hydrogen) atoms. The zero-order valence-corrected chi connectivity index (χ0v) is 15.4. The van der Waals surface area contributed by atoms with Crippen LogP contribution in [0.15, 0.2) is 34.5 Å². The van der Waals surface area contributed by atoms with Crippen molar-refractivity contribution in [2.24, 2.45) is 23.2 Å². The van der Waals surface area contributed by atoms with E-state index in [2.05, 4.69) is 17.6 Å². The highest BCUT2D eigenvalue weighted by Crippen LogP contribution is 2.62. The summed E-state index contributed by atoms with van der Waals surface area (Å²) in [5, 5.41) is 5.45. The molecule has 2 N–H and O–H groups in total. The fourth-order valence-corrected chi connectivity index (χ4v) is 5.82. The zero-order chi connectivity index (χ0) is 18.1. The average molecular weight is 356 g/mol. The van der Waals surface area contributed by atoms with E-state index in [1.807, 2.05) is 0 Å². The van der Waals surface area contributed by atoms with Crippen molar-refractivity contribution in [3.8, 4) is 0 Å². The third-order valence-electron chi connectivity index (χ3n) is 6.69. The Morgan fingerprint density at radius 2 is 1.81 bits per heavy atom. The molecule has 4 saturated carbocycles. The van der Waals surface area contributed by atoms with Gasteiger partial charge in [-0.05, 0) is 80.8 Å². The Morgan fingerprint density at radius 1 is 1.15 bits per heavy atom. The lowest BCUT2D eigenvalue weighted by Crippen LogP contribution is -2.46. The van der Waals surface area contributed by atoms with Crippen molar-refractivity contribution in [1.29, 1.82) is 0 Å². The van der Waals surface area contributed by atoms with E-state index in [4.69, 9.17) is 4.42 Å². The second kappa shape index (κ2) is 6.93. The van der Waals surface area contributed by atoms with E-state index in [0.717, 1.165) is 17.8 Å². The van der Waals surface area contributed by atoms with Crippen LogP contribution in [0.1, 0.15) is 51.2 Å². The van der Waals surface area contributed by atoms with Gasteiger partial charge in [0.1, 0.15) is 5.76 Å². The van der Waals surface area contributed by atoms with Gasteiger partial charge in [-0.2, -0.15) is 0 Å². The first-order chi connectivity index (χ1) is 12.5. The van der Waals surface area contributed by atoms with E-state index in [1.54, 1.807) is 24.5 Å². The number of hydrogen-bond donors (Lipinski definition) is 2. The van der Waals surface area contributed by atoms with Gasteiger partial charge in [0.15, 0.2) is 0 Å². The zero-order valence-electron chi connectivity index (χ0n) is 15.4. The first kappa shape index (κ1) is 17.4. The molecule has 0 aromatic carbocycles. The third kappa shape index (κ3) is 3.57. The molecule has 5 rings (SSSR count). The van der Waals surface area contributed by atoms with Crippen LogP contribution in [0.5, 0.6) is 0 Å². The van der Waals surface area contributed by atoms with E-state index in [9.17, 15) is 9.59 Å². The molecule has 1 heterocycles. The topological polar surface area (TPSA) is 71.3 Å². The first-order valence-electron chi connectivity index (χ1n) is 9.78. The Morgan fingerprint density at radius 3 is 2.38 bits per heavy atom. The number of allylic oxidation sites excluding steroid dienone is 1. The van der Waals surface area contributed by atoms with Gasteiger partial charge in [-0.25, -0.2) is 0 Å². The molecule has 140 valence electrons. The smallest absolute Gasteiger partial charge is 0.244 e. The lowest BCUT2D eigenvalue weighted by atomic mass is 9.48. The normalized spacial score (nSPS) is 32.5. The van der Waals surface area contributed by atoms with E-state index >= 15 is 0 Å². The Labute approximate surface area is 154 Å². The number of nitrogens with one attached hydrogen (secondary N) is 2. The molecular formula is C21H28N2O3. The van der Waals surface area contributed by atoms with Gasteiger partial charge in [0.2, 0.25) is 11.8 Å². The van der Waals surface area contributed by atoms with Gasteiger partial charge in [0, 0.05) is 6.08 Å². The van der Waals surface area contributed by atoms with Gasteiger partial charge in [-0.15, -0.1) is 0 Å². The molecule has 1 aromatic heterocycles. The predicted molar refractivity (Wildman–Crippen MR) is 97.9 cm³/mol. The Balaban J connectivity index is 1.29. The lowest BCUT2D eigenvalue weighted by molar-refractivity contribution is -0.124. The van der Waals surface area contributed by atoms with Crippen molar-refractivity contribution in [2.75, 3.05) is 6.54 Å². The maximum absolute atomic E-state index is 12.3. The maximum Gasteiger partial charge on any atom is 0.244 e. The number of carbonyl (C=O) groups is 2. The van der Waals surface area contributed by atoms with Crippen LogP contribution in [0.4, 0.5) is 0 Å². The van der Waals surface area contributed by atoms with Gasteiger partial charge in [0.25, 0.3) is 0 Å². The Bertz CT molecular complexity index is 670. The molecule has 0 unspecified atom stereocenters. The minimum Gasteiger partial charge on any atom is -0.467 e. The fraction of sp³-hybridized carbons (Fsp3) is 0.619. The second-order valence-electron chi connectivity index (χ2n) is 8.60. The monoisotopic (exact) mass is 356 g/mol. The summed E-state index contributed by atoms with van der Waals surface area (Å²) in [6, 6.07) is 3.58. The Kier molecular flexibility index (Phi) is 4.63. The minimum atomic E-state index is -0.212. The van der Waals surface area contributed by atoms with Crippen LogP contribution in [-0.2, 0) is 16.1 Å². The van der Waals surface area contributed by atoms with Gasteiger partial charge < -0.3 is 15.1 Å². The average Bonchev–Trinajstić information content (AvgIpc) is 3.10. The van der Waals surface area contributed by atoms with Crippen molar-refractivity contribution in [1.82, 2.24) is 10.6 Å². The van der Waals surface area contributed by atoms with E-state index < -0.39 is 0 Å². The summed E-state index contributed by atoms with van der Waals surface area (Å²) in [4.78, 5) is 24.2. The molecule has 4 aliphatic rings. The maximum atomic E-state index is 12.3. The van der Waals surface area contributed by atoms with E-state index in [0.29, 0.717) is 12.3 Å². The molecule has 4 aliphatic carbocycles. The van der Waals surface area contributed by atoms with Crippen molar-refractivity contribution < 1.29 is 14.0 Å². The summed E-state index contributed by atoms with van der Waals surface area (Å²) in [7, 11) is 0. The van der Waals surface area contributed by atoms with Crippen molar-refractivity contribution in [3.63, 3.8) is 0 Å². The number of carbonyl (C=O) groups excluding carboxylic acids is 2. The fourth-order valence-electron chi connectivity index (χ4n) is 5.82. The molecule has 5 heteroatoms. The highest BCUT2D eigenvalue weighted by Gasteiger charge is 2.51. The Hall–Kier alpha value is -2.04. The van der Waals surface area contributed by atoms with Crippen LogP contribution < -0.4 is 10.6 Å². The molecule has 0 atom stereocenters. The van der Waals surface area contributed by atoms with Gasteiger partial charge >= 0.3 is 0 Å². The van der Waals surface area contributed by atoms with Crippen molar-refractivity contribution in [3.05, 3.63) is 35.8 Å². The molecule has 0 radical (unpaired) electrons.